The van der Waals surface area contributed by atoms with Crippen molar-refractivity contribution in [2.24, 2.45) is 0 Å². The lowest BCUT2D eigenvalue weighted by Gasteiger charge is -2.11. The van der Waals surface area contributed by atoms with Gasteiger partial charge in [0.1, 0.15) is 11.7 Å². The number of hydrogen-bond donors (Lipinski definition) is 5. The molecule has 1 rings (SSSR count). The molecule has 1 heterocycles. The largest absolute Gasteiger partial charge is 0.481 e. The second-order valence-corrected chi connectivity index (χ2v) is 3.46. The van der Waals surface area contributed by atoms with E-state index in [1.165, 1.54) is 0 Å². The molecule has 0 spiro atoms. The predicted octanol–water partition coefficient (Wildman–Crippen LogP) is -2.28. The summed E-state index contributed by atoms with van der Waals surface area (Å²) in [5.41, 5.74) is -2.26. The number of H-pyrrole nitrogens is 2. The third-order valence-corrected chi connectivity index (χ3v) is 1.99. The molecule has 19 heavy (non-hydrogen) atoms. The Kier molecular flexibility index (Phi) is 4.19. The Hall–Kier alpha value is -2.91. The lowest BCUT2D eigenvalue weighted by Crippen LogP contribution is -2.43. The molecule has 1 atom stereocenters. The van der Waals surface area contributed by atoms with E-state index in [9.17, 15) is 24.0 Å². The number of nitrogens with one attached hydrogen (secondary N) is 3. The first-order chi connectivity index (χ1) is 8.79. The standard InChI is InChI=1S/C9H9N3O7/c13-5-1-3(11-9(19)12-5)7(16)10-4(8(17)18)2-6(14)15/h1,4H,2H2,(H,10,16)(H,14,15)(H,17,18)(H2,11,12,13,19)/t4-/m1/s1. The van der Waals surface area contributed by atoms with Crippen molar-refractivity contribution in [1.82, 2.24) is 15.3 Å². The van der Waals surface area contributed by atoms with Crippen LogP contribution in [0, 0.1) is 0 Å². The predicted molar refractivity (Wildman–Crippen MR) is 58.8 cm³/mol. The Balaban J connectivity index is 2.93. The van der Waals surface area contributed by atoms with E-state index < -0.39 is 47.3 Å². The number of carboxylic acid groups (broad SMARTS) is 2. The normalized spacial score (nSPS) is 11.6. The van der Waals surface area contributed by atoms with E-state index in [-0.39, 0.29) is 0 Å². The number of amides is 1. The van der Waals surface area contributed by atoms with Crippen LogP contribution in [0.4, 0.5) is 0 Å². The minimum Gasteiger partial charge on any atom is -0.481 e. The number of aliphatic carboxylic acids is 2. The van der Waals surface area contributed by atoms with Crippen molar-refractivity contribution >= 4 is 17.8 Å². The van der Waals surface area contributed by atoms with Gasteiger partial charge in [0.25, 0.3) is 11.5 Å². The second-order valence-electron chi connectivity index (χ2n) is 3.46. The smallest absolute Gasteiger partial charge is 0.326 e. The maximum Gasteiger partial charge on any atom is 0.326 e. The minimum absolute atomic E-state index is 0.467. The second kappa shape index (κ2) is 5.62. The molecule has 0 fully saturated rings. The van der Waals surface area contributed by atoms with Gasteiger partial charge in [-0.25, -0.2) is 9.59 Å². The lowest BCUT2D eigenvalue weighted by atomic mass is 10.2. The zero-order valence-corrected chi connectivity index (χ0v) is 9.30. The number of rotatable bonds is 5. The average Bonchev–Trinajstić information content (AvgIpc) is 2.25. The zero-order valence-electron chi connectivity index (χ0n) is 9.30. The maximum absolute atomic E-state index is 11.6. The van der Waals surface area contributed by atoms with Gasteiger partial charge in [-0.05, 0) is 0 Å². The van der Waals surface area contributed by atoms with E-state index in [4.69, 9.17) is 10.2 Å². The van der Waals surface area contributed by atoms with E-state index >= 15 is 0 Å². The molecule has 0 aromatic carbocycles. The Morgan fingerprint density at radius 1 is 1.21 bits per heavy atom. The first kappa shape index (κ1) is 14.2. The maximum atomic E-state index is 11.6. The molecule has 0 bridgehead atoms. The highest BCUT2D eigenvalue weighted by Gasteiger charge is 2.24. The Bertz CT molecular complexity index is 601. The van der Waals surface area contributed by atoms with Crippen molar-refractivity contribution in [1.29, 1.82) is 0 Å². The molecular formula is C9H9N3O7. The van der Waals surface area contributed by atoms with Crippen LogP contribution in [0.5, 0.6) is 0 Å². The number of hydrogen-bond acceptors (Lipinski definition) is 5. The van der Waals surface area contributed by atoms with E-state index in [0.717, 1.165) is 6.07 Å². The first-order valence-corrected chi connectivity index (χ1v) is 4.88. The van der Waals surface area contributed by atoms with Gasteiger partial charge in [-0.2, -0.15) is 0 Å². The fraction of sp³-hybridized carbons (Fsp3) is 0.222. The molecule has 0 saturated carbocycles. The summed E-state index contributed by atoms with van der Waals surface area (Å²) in [6, 6.07) is -0.927. The van der Waals surface area contributed by atoms with Crippen LogP contribution in [0.3, 0.4) is 0 Å². The Morgan fingerprint density at radius 2 is 1.84 bits per heavy atom. The van der Waals surface area contributed by atoms with E-state index in [2.05, 4.69) is 0 Å². The summed E-state index contributed by atoms with van der Waals surface area (Å²) in [5.74, 6) is -4.05. The average molecular weight is 271 g/mol. The van der Waals surface area contributed by atoms with Crippen molar-refractivity contribution in [2.45, 2.75) is 12.5 Å². The number of carboxylic acids is 2. The van der Waals surface area contributed by atoms with Gasteiger partial charge in [0.15, 0.2) is 0 Å². The molecule has 0 radical (unpaired) electrons. The molecule has 10 heteroatoms. The van der Waals surface area contributed by atoms with Crippen LogP contribution in [0.15, 0.2) is 15.7 Å². The quantitative estimate of drug-likeness (QED) is 0.401. The van der Waals surface area contributed by atoms with Gasteiger partial charge in [0.05, 0.1) is 6.42 Å². The summed E-state index contributed by atoms with van der Waals surface area (Å²) in [4.78, 5) is 58.3. The van der Waals surface area contributed by atoms with Crippen molar-refractivity contribution in [3.63, 3.8) is 0 Å². The highest BCUT2D eigenvalue weighted by atomic mass is 16.4. The van der Waals surface area contributed by atoms with Crippen molar-refractivity contribution in [3.05, 3.63) is 32.6 Å². The fourth-order valence-electron chi connectivity index (χ4n) is 1.20. The molecule has 1 amide bonds. The summed E-state index contributed by atoms with van der Waals surface area (Å²) in [6.45, 7) is 0. The van der Waals surface area contributed by atoms with Gasteiger partial charge >= 0.3 is 17.6 Å². The molecule has 10 nitrogen and oxygen atoms in total. The monoisotopic (exact) mass is 271 g/mol. The Morgan fingerprint density at radius 3 is 2.32 bits per heavy atom. The molecule has 0 aliphatic carbocycles. The van der Waals surface area contributed by atoms with Crippen LogP contribution in [-0.2, 0) is 9.59 Å². The summed E-state index contributed by atoms with van der Waals surface area (Å²) in [6.07, 6.45) is -0.839. The molecule has 0 unspecified atom stereocenters. The van der Waals surface area contributed by atoms with E-state index in [0.29, 0.717) is 0 Å². The molecule has 102 valence electrons. The zero-order chi connectivity index (χ0) is 14.6. The van der Waals surface area contributed by atoms with Crippen molar-refractivity contribution in [2.75, 3.05) is 0 Å². The summed E-state index contributed by atoms with van der Waals surface area (Å²) < 4.78 is 0. The number of aromatic nitrogens is 2. The molecule has 0 aliphatic rings. The van der Waals surface area contributed by atoms with E-state index in [1.54, 1.807) is 0 Å². The fourth-order valence-corrected chi connectivity index (χ4v) is 1.20. The van der Waals surface area contributed by atoms with E-state index in [1.807, 2.05) is 15.3 Å². The number of carbonyl (C=O) groups excluding carboxylic acids is 1. The van der Waals surface area contributed by atoms with Gasteiger partial charge in [0, 0.05) is 6.07 Å². The molecule has 1 aromatic heterocycles. The molecule has 5 N–H and O–H groups in total. The highest BCUT2D eigenvalue weighted by molar-refractivity contribution is 5.95. The van der Waals surface area contributed by atoms with Gasteiger partial charge in [0.2, 0.25) is 0 Å². The SMILES string of the molecule is O=C(O)C[C@@H](NC(=O)c1cc(=O)[nH]c(=O)[nH]1)C(=O)O. The third-order valence-electron chi connectivity index (χ3n) is 1.99. The lowest BCUT2D eigenvalue weighted by molar-refractivity contribution is -0.145. The van der Waals surface area contributed by atoms with Crippen molar-refractivity contribution in [3.8, 4) is 0 Å². The van der Waals surface area contributed by atoms with Gasteiger partial charge < -0.3 is 20.5 Å². The molecular weight excluding hydrogens is 262 g/mol. The molecule has 1 aromatic rings. The minimum atomic E-state index is -1.67. The van der Waals surface area contributed by atoms with Gasteiger partial charge in [-0.1, -0.05) is 0 Å². The van der Waals surface area contributed by atoms with Crippen LogP contribution < -0.4 is 16.6 Å². The summed E-state index contributed by atoms with van der Waals surface area (Å²) in [5, 5.41) is 19.1. The highest BCUT2D eigenvalue weighted by Crippen LogP contribution is 1.95. The summed E-state index contributed by atoms with van der Waals surface area (Å²) in [7, 11) is 0. The van der Waals surface area contributed by atoms with Crippen LogP contribution in [0.2, 0.25) is 0 Å². The summed E-state index contributed by atoms with van der Waals surface area (Å²) >= 11 is 0. The van der Waals surface area contributed by atoms with Gasteiger partial charge in [-0.15, -0.1) is 0 Å². The van der Waals surface area contributed by atoms with Crippen molar-refractivity contribution < 1.29 is 24.6 Å². The van der Waals surface area contributed by atoms with Gasteiger partial charge in [-0.3, -0.25) is 19.4 Å². The van der Waals surface area contributed by atoms with Crippen LogP contribution >= 0.6 is 0 Å². The number of aromatic amines is 2. The number of carbonyl (C=O) groups is 3. The first-order valence-electron chi connectivity index (χ1n) is 4.88. The van der Waals surface area contributed by atoms with Crippen LogP contribution in [0.25, 0.3) is 0 Å². The van der Waals surface area contributed by atoms with Crippen LogP contribution in [0.1, 0.15) is 16.9 Å². The third kappa shape index (κ3) is 4.11. The topological polar surface area (TPSA) is 169 Å². The molecule has 0 aliphatic heterocycles. The molecule has 0 saturated heterocycles. The van der Waals surface area contributed by atoms with Crippen LogP contribution in [-0.4, -0.2) is 44.1 Å². The Labute approximate surface area is 104 Å².